The molecule has 2 heterocycles. The van der Waals surface area contributed by atoms with Crippen LogP contribution in [0.1, 0.15) is 23.4 Å². The third kappa shape index (κ3) is 2.40. The predicted octanol–water partition coefficient (Wildman–Crippen LogP) is 2.79. The molecule has 3 rings (SSSR count). The summed E-state index contributed by atoms with van der Waals surface area (Å²) in [5.74, 6) is 0.258. The van der Waals surface area contributed by atoms with Gasteiger partial charge in [0.05, 0.1) is 6.10 Å². The second-order valence-electron chi connectivity index (χ2n) is 4.79. The Morgan fingerprint density at radius 2 is 2.11 bits per heavy atom. The van der Waals surface area contributed by atoms with E-state index in [0.29, 0.717) is 37.3 Å². The van der Waals surface area contributed by atoms with Crippen LogP contribution < -0.4 is 0 Å². The summed E-state index contributed by atoms with van der Waals surface area (Å²) >= 11 is 3.45. The van der Waals surface area contributed by atoms with Crippen molar-refractivity contribution < 1.29 is 14.3 Å². The number of likely N-dealkylation sites (tertiary alicyclic amines) is 1. The zero-order valence-electron chi connectivity index (χ0n) is 10.3. The molecule has 5 heteroatoms. The summed E-state index contributed by atoms with van der Waals surface area (Å²) in [4.78, 5) is 14.1. The lowest BCUT2D eigenvalue weighted by molar-refractivity contribution is 0.0522. The molecular weight excluding hydrogens is 310 g/mol. The van der Waals surface area contributed by atoms with Crippen LogP contribution >= 0.6 is 15.9 Å². The number of carbonyl (C=O) groups excluding carboxylic acids is 1. The van der Waals surface area contributed by atoms with Gasteiger partial charge in [0.2, 0.25) is 0 Å². The maximum atomic E-state index is 12.3. The van der Waals surface area contributed by atoms with E-state index in [1.165, 1.54) is 0 Å². The average Bonchev–Trinajstić information content (AvgIpc) is 2.84. The summed E-state index contributed by atoms with van der Waals surface area (Å²) in [6.07, 6.45) is 0.986. The van der Waals surface area contributed by atoms with E-state index in [1.807, 2.05) is 18.2 Å². The Kier molecular flexibility index (Phi) is 3.33. The Morgan fingerprint density at radius 3 is 2.79 bits per heavy atom. The van der Waals surface area contributed by atoms with E-state index in [9.17, 15) is 9.90 Å². The van der Waals surface area contributed by atoms with Crippen molar-refractivity contribution in [3.8, 4) is 0 Å². The monoisotopic (exact) mass is 323 g/mol. The van der Waals surface area contributed by atoms with Gasteiger partial charge in [0, 0.05) is 22.9 Å². The molecular formula is C14H14BrNO3. The summed E-state index contributed by atoms with van der Waals surface area (Å²) < 4.78 is 6.53. The highest BCUT2D eigenvalue weighted by Gasteiger charge is 2.24. The van der Waals surface area contributed by atoms with E-state index >= 15 is 0 Å². The summed E-state index contributed by atoms with van der Waals surface area (Å²) in [6, 6.07) is 7.41. The lowest BCUT2D eigenvalue weighted by Crippen LogP contribution is -2.39. The van der Waals surface area contributed by atoms with Gasteiger partial charge in [0.25, 0.3) is 5.91 Å². The first-order valence-corrected chi connectivity index (χ1v) is 7.10. The second kappa shape index (κ2) is 4.98. The summed E-state index contributed by atoms with van der Waals surface area (Å²) in [5.41, 5.74) is 0.703. The lowest BCUT2D eigenvalue weighted by Gasteiger charge is -2.28. The SMILES string of the molecule is O=C(c1cc2c(Br)cccc2o1)N1CCC(O)CC1. The Balaban J connectivity index is 1.87. The fourth-order valence-electron chi connectivity index (χ4n) is 2.36. The number of aliphatic hydroxyl groups is 1. The minimum atomic E-state index is -0.283. The van der Waals surface area contributed by atoms with Crippen LogP contribution in [0.25, 0.3) is 11.0 Å². The topological polar surface area (TPSA) is 53.7 Å². The van der Waals surface area contributed by atoms with E-state index in [1.54, 1.807) is 11.0 Å². The number of fused-ring (bicyclic) bond motifs is 1. The van der Waals surface area contributed by atoms with Crippen molar-refractivity contribution in [3.05, 3.63) is 34.5 Å². The van der Waals surface area contributed by atoms with E-state index in [-0.39, 0.29) is 12.0 Å². The van der Waals surface area contributed by atoms with Crippen LogP contribution in [0.15, 0.2) is 33.2 Å². The maximum absolute atomic E-state index is 12.3. The van der Waals surface area contributed by atoms with Crippen LogP contribution in [0.4, 0.5) is 0 Å². The number of piperidine rings is 1. The Labute approximate surface area is 119 Å². The van der Waals surface area contributed by atoms with Gasteiger partial charge >= 0.3 is 0 Å². The van der Waals surface area contributed by atoms with Gasteiger partial charge in [-0.15, -0.1) is 0 Å². The zero-order valence-corrected chi connectivity index (χ0v) is 11.9. The highest BCUT2D eigenvalue weighted by molar-refractivity contribution is 9.10. The number of halogens is 1. The molecule has 0 bridgehead atoms. The molecule has 0 atom stereocenters. The smallest absolute Gasteiger partial charge is 0.289 e. The molecule has 1 aliphatic rings. The van der Waals surface area contributed by atoms with Gasteiger partial charge in [-0.3, -0.25) is 4.79 Å². The molecule has 1 N–H and O–H groups in total. The molecule has 1 aromatic heterocycles. The molecule has 1 aliphatic heterocycles. The first-order valence-electron chi connectivity index (χ1n) is 6.30. The first kappa shape index (κ1) is 12.7. The van der Waals surface area contributed by atoms with Crippen LogP contribution in [0, 0.1) is 0 Å². The molecule has 1 fully saturated rings. The molecule has 100 valence electrons. The van der Waals surface area contributed by atoms with Crippen molar-refractivity contribution in [1.29, 1.82) is 0 Å². The maximum Gasteiger partial charge on any atom is 0.289 e. The van der Waals surface area contributed by atoms with E-state index in [2.05, 4.69) is 15.9 Å². The van der Waals surface area contributed by atoms with Gasteiger partial charge in [-0.1, -0.05) is 22.0 Å². The molecule has 0 saturated carbocycles. The highest BCUT2D eigenvalue weighted by atomic mass is 79.9. The van der Waals surface area contributed by atoms with Gasteiger partial charge in [0.1, 0.15) is 5.58 Å². The Bertz CT molecular complexity index is 614. The number of aliphatic hydroxyl groups excluding tert-OH is 1. The van der Waals surface area contributed by atoms with Crippen LogP contribution in [-0.2, 0) is 0 Å². The van der Waals surface area contributed by atoms with Gasteiger partial charge in [0.15, 0.2) is 5.76 Å². The van der Waals surface area contributed by atoms with Crippen molar-refractivity contribution in [3.63, 3.8) is 0 Å². The molecule has 1 amide bonds. The lowest BCUT2D eigenvalue weighted by atomic mass is 10.1. The minimum Gasteiger partial charge on any atom is -0.451 e. The van der Waals surface area contributed by atoms with Crippen LogP contribution in [0.2, 0.25) is 0 Å². The van der Waals surface area contributed by atoms with Gasteiger partial charge in [-0.05, 0) is 31.0 Å². The van der Waals surface area contributed by atoms with Crippen LogP contribution in [0.3, 0.4) is 0 Å². The van der Waals surface area contributed by atoms with Crippen LogP contribution in [0.5, 0.6) is 0 Å². The van der Waals surface area contributed by atoms with E-state index < -0.39 is 0 Å². The normalized spacial score (nSPS) is 17.1. The molecule has 4 nitrogen and oxygen atoms in total. The van der Waals surface area contributed by atoms with Crippen molar-refractivity contribution >= 4 is 32.8 Å². The Hall–Kier alpha value is -1.33. The number of hydrogen-bond donors (Lipinski definition) is 1. The second-order valence-corrected chi connectivity index (χ2v) is 5.64. The average molecular weight is 324 g/mol. The van der Waals surface area contributed by atoms with E-state index in [4.69, 9.17) is 4.42 Å². The molecule has 0 radical (unpaired) electrons. The quantitative estimate of drug-likeness (QED) is 0.878. The number of carbonyl (C=O) groups is 1. The molecule has 0 unspecified atom stereocenters. The molecule has 0 aliphatic carbocycles. The van der Waals surface area contributed by atoms with Gasteiger partial charge < -0.3 is 14.4 Å². The molecule has 0 spiro atoms. The summed E-state index contributed by atoms with van der Waals surface area (Å²) in [6.45, 7) is 1.16. The summed E-state index contributed by atoms with van der Waals surface area (Å²) in [7, 11) is 0. The standard InChI is InChI=1S/C14H14BrNO3/c15-11-2-1-3-12-10(11)8-13(19-12)14(18)16-6-4-9(17)5-7-16/h1-3,8-9,17H,4-7H2. The largest absolute Gasteiger partial charge is 0.451 e. The number of benzene rings is 1. The Morgan fingerprint density at radius 1 is 1.37 bits per heavy atom. The third-order valence-corrected chi connectivity index (χ3v) is 4.16. The minimum absolute atomic E-state index is 0.102. The van der Waals surface area contributed by atoms with Crippen molar-refractivity contribution in [2.75, 3.05) is 13.1 Å². The van der Waals surface area contributed by atoms with Crippen molar-refractivity contribution in [1.82, 2.24) is 4.90 Å². The number of furan rings is 1. The predicted molar refractivity (Wildman–Crippen MR) is 75.1 cm³/mol. The fraction of sp³-hybridized carbons (Fsp3) is 0.357. The molecule has 1 saturated heterocycles. The molecule has 19 heavy (non-hydrogen) atoms. The van der Waals surface area contributed by atoms with Crippen molar-refractivity contribution in [2.24, 2.45) is 0 Å². The third-order valence-electron chi connectivity index (χ3n) is 3.47. The van der Waals surface area contributed by atoms with Crippen LogP contribution in [-0.4, -0.2) is 35.1 Å². The summed E-state index contributed by atoms with van der Waals surface area (Å²) in [5, 5.41) is 10.4. The zero-order chi connectivity index (χ0) is 13.4. The molecule has 2 aromatic rings. The number of nitrogens with zero attached hydrogens (tertiary/aromatic N) is 1. The van der Waals surface area contributed by atoms with Gasteiger partial charge in [-0.2, -0.15) is 0 Å². The first-order chi connectivity index (χ1) is 9.15. The molecule has 1 aromatic carbocycles. The fourth-order valence-corrected chi connectivity index (χ4v) is 2.82. The number of rotatable bonds is 1. The number of amides is 1. The number of hydrogen-bond acceptors (Lipinski definition) is 3. The van der Waals surface area contributed by atoms with Crippen molar-refractivity contribution in [2.45, 2.75) is 18.9 Å². The van der Waals surface area contributed by atoms with Gasteiger partial charge in [-0.25, -0.2) is 0 Å². The van der Waals surface area contributed by atoms with E-state index in [0.717, 1.165) is 9.86 Å². The highest BCUT2D eigenvalue weighted by Crippen LogP contribution is 2.28.